The number of benzene rings is 2. The van der Waals surface area contributed by atoms with Crippen LogP contribution in [0.1, 0.15) is 11.1 Å². The molecule has 0 saturated heterocycles. The summed E-state index contributed by atoms with van der Waals surface area (Å²) in [5.74, 6) is -0.996. The average Bonchev–Trinajstić information content (AvgIpc) is 3.07. The van der Waals surface area contributed by atoms with E-state index in [9.17, 15) is 14.9 Å². The van der Waals surface area contributed by atoms with E-state index in [0.717, 1.165) is 0 Å². The summed E-state index contributed by atoms with van der Waals surface area (Å²) in [5, 5.41) is 19.3. The largest absolute Gasteiger partial charge is 0.480 e. The zero-order valence-corrected chi connectivity index (χ0v) is 14.6. The van der Waals surface area contributed by atoms with Crippen LogP contribution in [-0.2, 0) is 4.79 Å². The van der Waals surface area contributed by atoms with E-state index >= 15 is 0 Å². The van der Waals surface area contributed by atoms with Crippen LogP contribution in [0.3, 0.4) is 0 Å². The van der Waals surface area contributed by atoms with Crippen molar-refractivity contribution in [3.63, 3.8) is 0 Å². The van der Waals surface area contributed by atoms with Crippen molar-refractivity contribution in [3.05, 3.63) is 69.6 Å². The van der Waals surface area contributed by atoms with Gasteiger partial charge in [-0.05, 0) is 24.3 Å². The number of oxazole rings is 1. The number of thiol groups is 1. The normalized spacial score (nSPS) is 11.9. The first-order valence-corrected chi connectivity index (χ1v) is 8.18. The van der Waals surface area contributed by atoms with E-state index in [1.807, 2.05) is 0 Å². The number of carbonyl (C=O) groups is 1. The first-order valence-electron chi connectivity index (χ1n) is 7.29. The van der Waals surface area contributed by atoms with Gasteiger partial charge in [0, 0.05) is 28.3 Å². The molecule has 132 valence electrons. The van der Waals surface area contributed by atoms with Crippen LogP contribution in [0, 0.1) is 10.1 Å². The Labute approximate surface area is 157 Å². The smallest absolute Gasteiger partial charge is 0.325 e. The fourth-order valence-corrected chi connectivity index (χ4v) is 2.53. The molecular weight excluding hydrogens is 380 g/mol. The molecule has 0 radical (unpaired) electrons. The van der Waals surface area contributed by atoms with Gasteiger partial charge in [-0.1, -0.05) is 23.7 Å². The van der Waals surface area contributed by atoms with Crippen LogP contribution in [0.4, 0.5) is 5.69 Å². The van der Waals surface area contributed by atoms with Gasteiger partial charge in [-0.3, -0.25) is 14.9 Å². The Balaban J connectivity index is 2.13. The van der Waals surface area contributed by atoms with Crippen molar-refractivity contribution in [3.8, 4) is 22.6 Å². The lowest BCUT2D eigenvalue weighted by Gasteiger charge is -2.02. The quantitative estimate of drug-likeness (QED) is 0.374. The fraction of sp³-hybridized carbons (Fsp3) is 0.0588. The van der Waals surface area contributed by atoms with E-state index < -0.39 is 16.1 Å². The number of nitro benzene ring substituents is 1. The highest BCUT2D eigenvalue weighted by Crippen LogP contribution is 2.36. The summed E-state index contributed by atoms with van der Waals surface area (Å²) >= 11 is 9.90. The number of non-ortho nitro benzene ring substituents is 1. The lowest BCUT2D eigenvalue weighted by Crippen LogP contribution is -2.05. The molecule has 1 aromatic heterocycles. The number of carboxylic acids is 1. The van der Waals surface area contributed by atoms with Crippen molar-refractivity contribution in [1.29, 1.82) is 0 Å². The monoisotopic (exact) mass is 390 g/mol. The fourth-order valence-electron chi connectivity index (χ4n) is 2.29. The number of aromatic nitrogens is 1. The maximum Gasteiger partial charge on any atom is 0.325 e. The lowest BCUT2D eigenvalue weighted by molar-refractivity contribution is -0.384. The molecule has 0 spiro atoms. The highest BCUT2D eigenvalue weighted by molar-refractivity contribution is 7.81. The van der Waals surface area contributed by atoms with Gasteiger partial charge in [-0.25, -0.2) is 4.98 Å². The summed E-state index contributed by atoms with van der Waals surface area (Å²) in [6, 6.07) is 12.4. The Hall–Kier alpha value is -2.84. The van der Waals surface area contributed by atoms with Crippen LogP contribution >= 0.6 is 24.2 Å². The van der Waals surface area contributed by atoms with Gasteiger partial charge in [0.25, 0.3) is 5.69 Å². The van der Waals surface area contributed by atoms with E-state index in [2.05, 4.69) is 17.6 Å². The van der Waals surface area contributed by atoms with Crippen LogP contribution < -0.4 is 0 Å². The number of carboxylic acid groups (broad SMARTS) is 1. The van der Waals surface area contributed by atoms with Crippen LogP contribution in [0.5, 0.6) is 0 Å². The molecule has 0 fully saturated rings. The van der Waals surface area contributed by atoms with Gasteiger partial charge in [0.1, 0.15) is 5.69 Å². The molecule has 1 N–H and O–H groups in total. The second-order valence-electron chi connectivity index (χ2n) is 5.28. The lowest BCUT2D eigenvalue weighted by atomic mass is 10.1. The molecule has 1 heterocycles. The molecule has 3 rings (SSSR count). The maximum absolute atomic E-state index is 11.2. The van der Waals surface area contributed by atoms with Crippen LogP contribution in [0.2, 0.25) is 5.02 Å². The molecule has 0 aliphatic carbocycles. The maximum atomic E-state index is 11.2. The van der Waals surface area contributed by atoms with E-state index in [1.165, 1.54) is 24.3 Å². The molecule has 26 heavy (non-hydrogen) atoms. The van der Waals surface area contributed by atoms with Crippen LogP contribution in [0.25, 0.3) is 22.6 Å². The zero-order valence-electron chi connectivity index (χ0n) is 13.0. The minimum atomic E-state index is -1.24. The first kappa shape index (κ1) is 18.0. The summed E-state index contributed by atoms with van der Waals surface area (Å²) in [5.41, 5.74) is 1.50. The van der Waals surface area contributed by atoms with Gasteiger partial charge in [0.05, 0.1) is 4.92 Å². The molecule has 3 aromatic rings. The van der Waals surface area contributed by atoms with Crippen molar-refractivity contribution < 1.29 is 19.2 Å². The number of halogens is 1. The number of hydrogen-bond donors (Lipinski definition) is 2. The molecule has 2 aromatic carbocycles. The predicted octanol–water partition coefficient (Wildman–Crippen LogP) is 4.63. The molecule has 1 atom stereocenters. The topological polar surface area (TPSA) is 106 Å². The minimum absolute atomic E-state index is 0.0702. The molecule has 0 bridgehead atoms. The Morgan fingerprint density at radius 2 is 1.73 bits per heavy atom. The predicted molar refractivity (Wildman–Crippen MR) is 98.4 cm³/mol. The molecule has 0 aliphatic heterocycles. The second kappa shape index (κ2) is 7.19. The van der Waals surface area contributed by atoms with Crippen molar-refractivity contribution in [2.24, 2.45) is 0 Å². The van der Waals surface area contributed by atoms with E-state index in [4.69, 9.17) is 21.1 Å². The SMILES string of the molecule is O=C(O)C(S)c1nc(-c2ccc(Cl)cc2)c(-c2ccc([N+](=O)[O-])cc2)o1. The summed E-state index contributed by atoms with van der Waals surface area (Å²) in [7, 11) is 0. The molecule has 0 saturated carbocycles. The number of nitrogens with zero attached hydrogens (tertiary/aromatic N) is 2. The molecule has 0 aliphatic rings. The van der Waals surface area contributed by atoms with Gasteiger partial charge in [-0.15, -0.1) is 0 Å². The molecule has 7 nitrogen and oxygen atoms in total. The molecule has 9 heteroatoms. The highest BCUT2D eigenvalue weighted by Gasteiger charge is 2.25. The number of aliphatic carboxylic acids is 1. The Kier molecular flexibility index (Phi) is 4.97. The Bertz CT molecular complexity index is 970. The zero-order chi connectivity index (χ0) is 18.8. The summed E-state index contributed by atoms with van der Waals surface area (Å²) in [4.78, 5) is 25.8. The Morgan fingerprint density at radius 3 is 2.27 bits per heavy atom. The third-order valence-corrected chi connectivity index (χ3v) is 4.26. The summed E-state index contributed by atoms with van der Waals surface area (Å²) in [6.45, 7) is 0. The van der Waals surface area contributed by atoms with Crippen LogP contribution in [0.15, 0.2) is 52.9 Å². The molecule has 0 amide bonds. The van der Waals surface area contributed by atoms with Crippen LogP contribution in [-0.4, -0.2) is 21.0 Å². The molecule has 1 unspecified atom stereocenters. The van der Waals surface area contributed by atoms with Crippen molar-refractivity contribution in [1.82, 2.24) is 4.98 Å². The summed E-state index contributed by atoms with van der Waals surface area (Å²) in [6.07, 6.45) is 0. The average molecular weight is 391 g/mol. The van der Waals surface area contributed by atoms with Crippen molar-refractivity contribution in [2.45, 2.75) is 5.25 Å². The number of nitro groups is 1. The van der Waals surface area contributed by atoms with E-state index in [-0.39, 0.29) is 17.3 Å². The van der Waals surface area contributed by atoms with Crippen molar-refractivity contribution >= 4 is 35.9 Å². The third-order valence-electron chi connectivity index (χ3n) is 3.57. The van der Waals surface area contributed by atoms with E-state index in [0.29, 0.717) is 21.8 Å². The summed E-state index contributed by atoms with van der Waals surface area (Å²) < 4.78 is 5.64. The van der Waals surface area contributed by atoms with Gasteiger partial charge < -0.3 is 9.52 Å². The second-order valence-corrected chi connectivity index (χ2v) is 6.23. The minimum Gasteiger partial charge on any atom is -0.480 e. The first-order chi connectivity index (χ1) is 12.4. The standard InChI is InChI=1S/C17H11ClN2O5S/c18-11-5-1-9(2-6-11)13-14(25-16(19-13)15(26)17(21)22)10-3-7-12(8-4-10)20(23)24/h1-8,15,26H,(H,21,22). The Morgan fingerprint density at radius 1 is 1.15 bits per heavy atom. The van der Waals surface area contributed by atoms with Crippen molar-refractivity contribution in [2.75, 3.05) is 0 Å². The number of rotatable bonds is 5. The number of hydrogen-bond acceptors (Lipinski definition) is 6. The van der Waals surface area contributed by atoms with Gasteiger partial charge in [-0.2, -0.15) is 12.6 Å². The highest BCUT2D eigenvalue weighted by atomic mass is 35.5. The van der Waals surface area contributed by atoms with Gasteiger partial charge >= 0.3 is 5.97 Å². The van der Waals surface area contributed by atoms with Gasteiger partial charge in [0.15, 0.2) is 11.0 Å². The molecular formula is C17H11ClN2O5S. The van der Waals surface area contributed by atoms with E-state index in [1.54, 1.807) is 24.3 Å². The van der Waals surface area contributed by atoms with Gasteiger partial charge in [0.2, 0.25) is 5.89 Å². The third kappa shape index (κ3) is 3.56.